The summed E-state index contributed by atoms with van der Waals surface area (Å²) in [6, 6.07) is 11.9. The maximum absolute atomic E-state index is 12.2. The number of ether oxygens (including phenoxy) is 1. The van der Waals surface area contributed by atoms with E-state index in [0.29, 0.717) is 21.3 Å². The Labute approximate surface area is 155 Å². The zero-order valence-electron chi connectivity index (χ0n) is 12.5. The lowest BCUT2D eigenvalue weighted by atomic mass is 10.1. The summed E-state index contributed by atoms with van der Waals surface area (Å²) in [6.07, 6.45) is 1.34. The Bertz CT molecular complexity index is 804. The van der Waals surface area contributed by atoms with Crippen LogP contribution in [-0.2, 0) is 4.79 Å². The van der Waals surface area contributed by atoms with E-state index in [9.17, 15) is 14.7 Å². The monoisotopic (exact) mass is 453 g/mol. The van der Waals surface area contributed by atoms with Gasteiger partial charge in [-0.05, 0) is 46.3 Å². The summed E-state index contributed by atoms with van der Waals surface area (Å²) in [5.74, 6) is -1.29. The van der Waals surface area contributed by atoms with Crippen LogP contribution in [0.5, 0.6) is 5.75 Å². The topological polar surface area (TPSA) is 75.6 Å². The van der Waals surface area contributed by atoms with Crippen molar-refractivity contribution < 1.29 is 19.4 Å². The van der Waals surface area contributed by atoms with E-state index in [2.05, 4.69) is 37.2 Å². The summed E-state index contributed by atoms with van der Waals surface area (Å²) in [4.78, 5) is 23.7. The van der Waals surface area contributed by atoms with Gasteiger partial charge in [0.15, 0.2) is 0 Å². The molecule has 1 amide bonds. The van der Waals surface area contributed by atoms with E-state index in [-0.39, 0.29) is 5.70 Å². The summed E-state index contributed by atoms with van der Waals surface area (Å²) < 4.78 is 6.68. The van der Waals surface area contributed by atoms with Gasteiger partial charge in [0, 0.05) is 15.6 Å². The van der Waals surface area contributed by atoms with Crippen LogP contribution >= 0.6 is 31.9 Å². The molecule has 0 heterocycles. The molecule has 5 nitrogen and oxygen atoms in total. The molecule has 0 fully saturated rings. The molecule has 2 aromatic carbocycles. The van der Waals surface area contributed by atoms with Gasteiger partial charge >= 0.3 is 5.97 Å². The lowest BCUT2D eigenvalue weighted by Gasteiger charge is -2.10. The van der Waals surface area contributed by atoms with Crippen LogP contribution in [0, 0.1) is 0 Å². The second-order valence-electron chi connectivity index (χ2n) is 4.69. The van der Waals surface area contributed by atoms with Crippen molar-refractivity contribution in [2.24, 2.45) is 0 Å². The third kappa shape index (κ3) is 4.46. The molecule has 0 saturated carbocycles. The first-order chi connectivity index (χ1) is 11.4. The number of amides is 1. The van der Waals surface area contributed by atoms with Gasteiger partial charge in [-0.1, -0.05) is 34.1 Å². The van der Waals surface area contributed by atoms with Crippen molar-refractivity contribution in [3.63, 3.8) is 0 Å². The maximum atomic E-state index is 12.2. The summed E-state index contributed by atoms with van der Waals surface area (Å²) >= 11 is 6.69. The Morgan fingerprint density at radius 3 is 2.42 bits per heavy atom. The van der Waals surface area contributed by atoms with E-state index in [4.69, 9.17) is 4.74 Å². The average molecular weight is 455 g/mol. The third-order valence-corrected chi connectivity index (χ3v) is 4.10. The molecule has 2 rings (SSSR count). The number of hydrogen-bond donors (Lipinski definition) is 2. The van der Waals surface area contributed by atoms with E-state index < -0.39 is 11.9 Å². The van der Waals surface area contributed by atoms with Gasteiger partial charge in [0.25, 0.3) is 5.91 Å². The van der Waals surface area contributed by atoms with Crippen LogP contribution in [0.1, 0.15) is 15.9 Å². The van der Waals surface area contributed by atoms with Gasteiger partial charge in [-0.3, -0.25) is 4.79 Å². The van der Waals surface area contributed by atoms with Crippen molar-refractivity contribution in [2.75, 3.05) is 7.11 Å². The number of hydrogen-bond acceptors (Lipinski definition) is 3. The van der Waals surface area contributed by atoms with Gasteiger partial charge in [0.05, 0.1) is 11.6 Å². The average Bonchev–Trinajstić information content (AvgIpc) is 2.54. The minimum atomic E-state index is -1.25. The van der Waals surface area contributed by atoms with Crippen LogP contribution < -0.4 is 10.1 Å². The number of carbonyl (C=O) groups excluding carboxylic acids is 1. The Balaban J connectivity index is 2.40. The first-order valence-corrected chi connectivity index (χ1v) is 8.35. The largest absolute Gasteiger partial charge is 0.495 e. The van der Waals surface area contributed by atoms with Crippen molar-refractivity contribution in [1.82, 2.24) is 5.32 Å². The highest BCUT2D eigenvalue weighted by atomic mass is 79.9. The number of rotatable bonds is 5. The van der Waals surface area contributed by atoms with E-state index in [1.165, 1.54) is 13.2 Å². The van der Waals surface area contributed by atoms with E-state index in [1.54, 1.807) is 42.5 Å². The molecule has 24 heavy (non-hydrogen) atoms. The number of halogens is 2. The standard InChI is InChI=1S/C17H13Br2NO4/c1-24-15-11(7-12(18)9-13(15)19)8-14(17(22)23)20-16(21)10-5-3-2-4-6-10/h2-9H,1H3,(H,20,21)(H,22,23)/b14-8+. The molecule has 0 spiro atoms. The smallest absolute Gasteiger partial charge is 0.352 e. The van der Waals surface area contributed by atoms with Crippen molar-refractivity contribution in [3.05, 3.63) is 68.2 Å². The number of carbonyl (C=O) groups is 2. The molecule has 2 aromatic rings. The predicted octanol–water partition coefficient (Wildman–Crippen LogP) is 4.08. The second-order valence-corrected chi connectivity index (χ2v) is 6.46. The van der Waals surface area contributed by atoms with Crippen LogP contribution in [0.2, 0.25) is 0 Å². The molecule has 0 saturated heterocycles. The van der Waals surface area contributed by atoms with Crippen molar-refractivity contribution in [2.45, 2.75) is 0 Å². The highest BCUT2D eigenvalue weighted by Gasteiger charge is 2.15. The molecule has 2 N–H and O–H groups in total. The van der Waals surface area contributed by atoms with Gasteiger partial charge in [-0.2, -0.15) is 0 Å². The van der Waals surface area contributed by atoms with E-state index in [1.807, 2.05) is 0 Å². The van der Waals surface area contributed by atoms with Crippen molar-refractivity contribution >= 4 is 49.8 Å². The van der Waals surface area contributed by atoms with Crippen LogP contribution in [0.15, 0.2) is 57.1 Å². The molecular weight excluding hydrogens is 442 g/mol. The third-order valence-electron chi connectivity index (χ3n) is 3.06. The Morgan fingerprint density at radius 2 is 1.83 bits per heavy atom. The van der Waals surface area contributed by atoms with Crippen LogP contribution in [0.25, 0.3) is 6.08 Å². The Hall–Kier alpha value is -2.12. The number of nitrogens with one attached hydrogen (secondary N) is 1. The summed E-state index contributed by atoms with van der Waals surface area (Å²) in [5.41, 5.74) is 0.615. The first kappa shape index (κ1) is 18.2. The van der Waals surface area contributed by atoms with Crippen molar-refractivity contribution in [3.8, 4) is 5.75 Å². The fourth-order valence-electron chi connectivity index (χ4n) is 1.99. The van der Waals surface area contributed by atoms with Crippen molar-refractivity contribution in [1.29, 1.82) is 0 Å². The predicted molar refractivity (Wildman–Crippen MR) is 97.9 cm³/mol. The van der Waals surface area contributed by atoms with Gasteiger partial charge in [0.1, 0.15) is 11.4 Å². The second kappa shape index (κ2) is 8.12. The van der Waals surface area contributed by atoms with Gasteiger partial charge in [-0.15, -0.1) is 0 Å². The Kier molecular flexibility index (Phi) is 6.16. The zero-order valence-corrected chi connectivity index (χ0v) is 15.7. The first-order valence-electron chi connectivity index (χ1n) is 6.76. The summed E-state index contributed by atoms with van der Waals surface area (Å²) in [7, 11) is 1.48. The van der Waals surface area contributed by atoms with Gasteiger partial charge in [-0.25, -0.2) is 4.79 Å². The highest BCUT2D eigenvalue weighted by Crippen LogP contribution is 2.33. The number of carboxylic acid groups (broad SMARTS) is 1. The van der Waals surface area contributed by atoms with Crippen LogP contribution in [-0.4, -0.2) is 24.1 Å². The fourth-order valence-corrected chi connectivity index (χ4v) is 3.41. The zero-order chi connectivity index (χ0) is 17.7. The molecule has 0 radical (unpaired) electrons. The Morgan fingerprint density at radius 1 is 1.17 bits per heavy atom. The fraction of sp³-hybridized carbons (Fsp3) is 0.0588. The van der Waals surface area contributed by atoms with E-state index in [0.717, 1.165) is 4.47 Å². The normalized spacial score (nSPS) is 11.0. The quantitative estimate of drug-likeness (QED) is 0.667. The minimum Gasteiger partial charge on any atom is -0.495 e. The molecular formula is C17H13Br2NO4. The number of methoxy groups -OCH3 is 1. The molecule has 0 atom stereocenters. The lowest BCUT2D eigenvalue weighted by molar-refractivity contribution is -0.132. The number of carboxylic acids is 1. The van der Waals surface area contributed by atoms with Gasteiger partial charge < -0.3 is 15.2 Å². The van der Waals surface area contributed by atoms with E-state index >= 15 is 0 Å². The highest BCUT2D eigenvalue weighted by molar-refractivity contribution is 9.11. The van der Waals surface area contributed by atoms with Crippen LogP contribution in [0.4, 0.5) is 0 Å². The maximum Gasteiger partial charge on any atom is 0.352 e. The SMILES string of the molecule is COc1c(Br)cc(Br)cc1/C=C(/NC(=O)c1ccccc1)C(=O)O. The number of benzene rings is 2. The van der Waals surface area contributed by atoms with Gasteiger partial charge in [0.2, 0.25) is 0 Å². The molecule has 0 aliphatic heterocycles. The number of aliphatic carboxylic acids is 1. The molecule has 0 unspecified atom stereocenters. The molecule has 0 aromatic heterocycles. The molecule has 0 aliphatic carbocycles. The molecule has 0 aliphatic rings. The molecule has 0 bridgehead atoms. The molecule has 7 heteroatoms. The minimum absolute atomic E-state index is 0.257. The molecule has 124 valence electrons. The summed E-state index contributed by atoms with van der Waals surface area (Å²) in [6.45, 7) is 0. The summed E-state index contributed by atoms with van der Waals surface area (Å²) in [5, 5.41) is 11.8. The lowest BCUT2D eigenvalue weighted by Crippen LogP contribution is -2.27. The van der Waals surface area contributed by atoms with Crippen LogP contribution in [0.3, 0.4) is 0 Å².